The Labute approximate surface area is 227 Å². The largest absolute Gasteiger partial charge is 0.481 e. The van der Waals surface area contributed by atoms with Gasteiger partial charge in [0.15, 0.2) is 17.0 Å². The number of hydrogen-bond donors (Lipinski definition) is 4. The number of benzene rings is 1. The first-order chi connectivity index (χ1) is 18.5. The molecule has 2 aromatic heterocycles. The monoisotopic (exact) mass is 542 g/mol. The number of hydrogen-bond acceptors (Lipinski definition) is 9. The quantitative estimate of drug-likeness (QED) is 0.222. The van der Waals surface area contributed by atoms with E-state index in [4.69, 9.17) is 15.2 Å². The van der Waals surface area contributed by atoms with E-state index in [-0.39, 0.29) is 48.8 Å². The van der Waals surface area contributed by atoms with Crippen LogP contribution in [0.3, 0.4) is 0 Å². The lowest BCUT2D eigenvalue weighted by molar-refractivity contribution is -0.151. The molecule has 1 aromatic carbocycles. The number of carbonyl (C=O) groups is 2. The number of carboxylic acid groups (broad SMARTS) is 1. The van der Waals surface area contributed by atoms with Crippen molar-refractivity contribution in [1.82, 2.24) is 24.8 Å². The van der Waals surface area contributed by atoms with E-state index in [1.807, 2.05) is 45.0 Å². The van der Waals surface area contributed by atoms with Gasteiger partial charge in [0.05, 0.1) is 18.6 Å². The van der Waals surface area contributed by atoms with Crippen LogP contribution in [-0.2, 0) is 27.4 Å². The third-order valence-corrected chi connectivity index (χ3v) is 7.32. The number of rotatable bonds is 14. The summed E-state index contributed by atoms with van der Waals surface area (Å²) in [5, 5.41) is 23.1. The molecule has 0 aliphatic carbocycles. The molecular formula is C27H38N6O6. The number of nitrogens with two attached hydrogens (primary N) is 1. The molecule has 212 valence electrons. The average Bonchev–Trinajstić information content (AvgIpc) is 3.23. The van der Waals surface area contributed by atoms with Crippen LogP contribution < -0.4 is 15.8 Å². The van der Waals surface area contributed by atoms with Gasteiger partial charge in [0.25, 0.3) is 6.01 Å². The molecule has 2 unspecified atom stereocenters. The number of imidazole rings is 1. The molecule has 2 heterocycles. The number of nitrogens with zero attached hydrogens (tertiary/aromatic N) is 4. The van der Waals surface area contributed by atoms with E-state index in [1.54, 1.807) is 14.0 Å². The summed E-state index contributed by atoms with van der Waals surface area (Å²) in [6.45, 7) is 8.39. The number of aliphatic carboxylic acids is 1. The van der Waals surface area contributed by atoms with Crippen molar-refractivity contribution >= 4 is 28.9 Å². The van der Waals surface area contributed by atoms with E-state index in [9.17, 15) is 19.8 Å². The number of carbonyl (C=O) groups excluding carboxylic acids is 1. The summed E-state index contributed by atoms with van der Waals surface area (Å²) in [5.41, 5.74) is 6.56. The summed E-state index contributed by atoms with van der Waals surface area (Å²) in [5.74, 6) is -0.978. The minimum absolute atomic E-state index is 0.0611. The van der Waals surface area contributed by atoms with Gasteiger partial charge in [0, 0.05) is 19.1 Å². The number of methoxy groups -OCH3 is 1. The molecular weight excluding hydrogens is 504 g/mol. The molecule has 0 bridgehead atoms. The molecule has 3 aromatic rings. The topological polar surface area (TPSA) is 175 Å². The molecule has 39 heavy (non-hydrogen) atoms. The molecule has 1 amide bonds. The van der Waals surface area contributed by atoms with Crippen molar-refractivity contribution < 1.29 is 29.3 Å². The zero-order chi connectivity index (χ0) is 28.8. The van der Waals surface area contributed by atoms with Crippen LogP contribution in [0.4, 0.5) is 5.82 Å². The minimum Gasteiger partial charge on any atom is -0.481 e. The Kier molecular flexibility index (Phi) is 9.33. The number of ether oxygens (including phenoxy) is 2. The van der Waals surface area contributed by atoms with E-state index in [2.05, 4.69) is 20.3 Å². The molecule has 0 saturated heterocycles. The van der Waals surface area contributed by atoms with E-state index in [0.717, 1.165) is 11.1 Å². The van der Waals surface area contributed by atoms with Gasteiger partial charge in [-0.2, -0.15) is 15.0 Å². The highest BCUT2D eigenvalue weighted by Crippen LogP contribution is 2.39. The summed E-state index contributed by atoms with van der Waals surface area (Å²) < 4.78 is 12.0. The maximum Gasteiger partial charge on any atom is 0.320 e. The summed E-state index contributed by atoms with van der Waals surface area (Å²) in [6, 6.07) is 7.33. The number of anilines is 1. The van der Waals surface area contributed by atoms with Crippen LogP contribution in [0.25, 0.3) is 11.2 Å². The first kappa shape index (κ1) is 29.6. The maximum absolute atomic E-state index is 13.1. The number of nitrogen functional groups attached to an aromatic ring is 1. The highest BCUT2D eigenvalue weighted by molar-refractivity contribution is 5.84. The highest BCUT2D eigenvalue weighted by Gasteiger charge is 2.42. The van der Waals surface area contributed by atoms with Crippen molar-refractivity contribution in [3.05, 3.63) is 35.4 Å². The molecule has 5 N–H and O–H groups in total. The van der Waals surface area contributed by atoms with Gasteiger partial charge in [-0.3, -0.25) is 14.2 Å². The number of fused-ring (bicyclic) bond motifs is 1. The highest BCUT2D eigenvalue weighted by atomic mass is 16.5. The summed E-state index contributed by atoms with van der Waals surface area (Å²) >= 11 is 0. The van der Waals surface area contributed by atoms with Crippen LogP contribution in [0.15, 0.2) is 24.3 Å². The van der Waals surface area contributed by atoms with Crippen molar-refractivity contribution in [1.29, 1.82) is 0 Å². The lowest BCUT2D eigenvalue weighted by Gasteiger charge is -2.35. The van der Waals surface area contributed by atoms with Crippen molar-refractivity contribution in [2.75, 3.05) is 26.1 Å². The van der Waals surface area contributed by atoms with E-state index in [0.29, 0.717) is 31.6 Å². The van der Waals surface area contributed by atoms with Crippen LogP contribution in [0.2, 0.25) is 0 Å². The standard InChI is InChI=1S/C27H38N6O6/c1-6-26(3,16-27(4,7-2)23(35)36)22(34)29-14-17-8-10-18(11-9-17)15-33-21-19(30-25(33)37)20(28)31-24(32-21)39-13-12-38-5/h8-11H,6-7,12-16H2,1-5H3,(H,29,34)(H,30,37)(H,35,36)(H2,28,31,32). The Morgan fingerprint density at radius 2 is 1.67 bits per heavy atom. The van der Waals surface area contributed by atoms with Gasteiger partial charge in [-0.15, -0.1) is 0 Å². The predicted octanol–water partition coefficient (Wildman–Crippen LogP) is 3.11. The SMILES string of the molecule is CCC(C)(CC(C)(CC)C(=O)NCc1ccc(Cn2c(O)nc3c(N)nc(OCCOC)nc32)cc1)C(=O)O. The van der Waals surface area contributed by atoms with Crippen LogP contribution in [-0.4, -0.2) is 61.9 Å². The summed E-state index contributed by atoms with van der Waals surface area (Å²) in [4.78, 5) is 37.4. The molecule has 2 atom stereocenters. The number of carboxylic acids is 1. The second-order valence-electron chi connectivity index (χ2n) is 10.2. The molecule has 0 fully saturated rings. The van der Waals surface area contributed by atoms with Gasteiger partial charge in [-0.1, -0.05) is 45.0 Å². The Hall–Kier alpha value is -3.93. The van der Waals surface area contributed by atoms with Gasteiger partial charge < -0.3 is 30.7 Å². The van der Waals surface area contributed by atoms with Crippen LogP contribution >= 0.6 is 0 Å². The second-order valence-corrected chi connectivity index (χ2v) is 10.2. The molecule has 0 saturated carbocycles. The van der Waals surface area contributed by atoms with Gasteiger partial charge in [0.1, 0.15) is 6.61 Å². The number of nitrogens with one attached hydrogen (secondary N) is 1. The summed E-state index contributed by atoms with van der Waals surface area (Å²) in [7, 11) is 1.56. The molecule has 12 heteroatoms. The third kappa shape index (κ3) is 6.75. The summed E-state index contributed by atoms with van der Waals surface area (Å²) in [6.07, 6.45) is 1.22. The van der Waals surface area contributed by atoms with Gasteiger partial charge in [0.2, 0.25) is 5.91 Å². The van der Waals surface area contributed by atoms with Crippen LogP contribution in [0.5, 0.6) is 12.0 Å². The molecule has 0 aliphatic rings. The molecule has 0 spiro atoms. The Morgan fingerprint density at radius 1 is 1.03 bits per heavy atom. The Balaban J connectivity index is 1.70. The van der Waals surface area contributed by atoms with Crippen molar-refractivity contribution in [3.8, 4) is 12.0 Å². The number of aromatic nitrogens is 4. The van der Waals surface area contributed by atoms with Crippen molar-refractivity contribution in [2.45, 2.75) is 60.0 Å². The second kappa shape index (κ2) is 12.3. The Morgan fingerprint density at radius 3 is 2.26 bits per heavy atom. The van der Waals surface area contributed by atoms with Gasteiger partial charge in [-0.05, 0) is 37.3 Å². The number of aromatic hydroxyl groups is 1. The first-order valence-corrected chi connectivity index (χ1v) is 12.9. The first-order valence-electron chi connectivity index (χ1n) is 12.9. The lowest BCUT2D eigenvalue weighted by Crippen LogP contribution is -2.43. The van der Waals surface area contributed by atoms with Crippen LogP contribution in [0, 0.1) is 10.8 Å². The van der Waals surface area contributed by atoms with E-state index < -0.39 is 16.8 Å². The fourth-order valence-corrected chi connectivity index (χ4v) is 4.34. The normalized spacial score (nSPS) is 14.5. The van der Waals surface area contributed by atoms with Crippen molar-refractivity contribution in [2.24, 2.45) is 10.8 Å². The van der Waals surface area contributed by atoms with E-state index >= 15 is 0 Å². The molecule has 12 nitrogen and oxygen atoms in total. The van der Waals surface area contributed by atoms with Crippen molar-refractivity contribution in [3.63, 3.8) is 0 Å². The molecule has 0 radical (unpaired) electrons. The van der Waals surface area contributed by atoms with Gasteiger partial charge in [-0.25, -0.2) is 0 Å². The Bertz CT molecular complexity index is 1310. The fourth-order valence-electron chi connectivity index (χ4n) is 4.34. The minimum atomic E-state index is -0.973. The zero-order valence-electron chi connectivity index (χ0n) is 23.2. The van der Waals surface area contributed by atoms with Crippen LogP contribution in [0.1, 0.15) is 58.1 Å². The molecule has 0 aliphatic heterocycles. The third-order valence-electron chi connectivity index (χ3n) is 7.32. The lowest BCUT2D eigenvalue weighted by atomic mass is 9.69. The average molecular weight is 543 g/mol. The zero-order valence-corrected chi connectivity index (χ0v) is 23.2. The number of amides is 1. The fraction of sp³-hybridized carbons (Fsp3) is 0.519. The maximum atomic E-state index is 13.1. The predicted molar refractivity (Wildman–Crippen MR) is 145 cm³/mol. The smallest absolute Gasteiger partial charge is 0.320 e. The van der Waals surface area contributed by atoms with E-state index in [1.165, 1.54) is 4.57 Å². The molecule has 3 rings (SSSR count). The van der Waals surface area contributed by atoms with Gasteiger partial charge >= 0.3 is 12.0 Å².